The summed E-state index contributed by atoms with van der Waals surface area (Å²) in [6.45, 7) is 0. The van der Waals surface area contributed by atoms with Crippen LogP contribution in [-0.4, -0.2) is 36.4 Å². The standard InChI is InChI=1S/C7H11NOSi2/c1-8(2)9-7-5-3-4-6-11(7)10/h3-5H,6H2,1-2H3. The second-order valence-electron chi connectivity index (χ2n) is 2.55. The molecule has 0 aromatic rings. The zero-order chi connectivity index (χ0) is 8.27. The molecule has 0 unspecified atom stereocenters. The molecular weight excluding hydrogens is 170 g/mol. The molecule has 0 aromatic heterocycles. The lowest BCUT2D eigenvalue weighted by Gasteiger charge is -2.17. The Morgan fingerprint density at radius 1 is 1.64 bits per heavy atom. The van der Waals surface area contributed by atoms with Gasteiger partial charge in [0.15, 0.2) is 0 Å². The highest BCUT2D eigenvalue weighted by molar-refractivity contribution is 6.83. The second kappa shape index (κ2) is 3.89. The summed E-state index contributed by atoms with van der Waals surface area (Å²) in [5.74, 6) is 0. The maximum atomic E-state index is 5.44. The molecule has 58 valence electrons. The SMILES string of the molecule is CN(C)OC1=CC=CC[Si]1=[Si]. The number of allylic oxidation sites excluding steroid dienone is 3. The van der Waals surface area contributed by atoms with Crippen LogP contribution in [0.3, 0.4) is 0 Å². The van der Waals surface area contributed by atoms with Crippen LogP contribution in [0.5, 0.6) is 0 Å². The fraction of sp³-hybridized carbons (Fsp3) is 0.429. The summed E-state index contributed by atoms with van der Waals surface area (Å²) in [5, 5.41) is 2.79. The van der Waals surface area contributed by atoms with Crippen molar-refractivity contribution in [3.8, 4) is 0 Å². The van der Waals surface area contributed by atoms with E-state index >= 15 is 0 Å². The highest BCUT2D eigenvalue weighted by atomic mass is 28.9. The predicted molar refractivity (Wildman–Crippen MR) is 48.3 cm³/mol. The van der Waals surface area contributed by atoms with Gasteiger partial charge < -0.3 is 4.84 Å². The Hall–Kier alpha value is -0.326. The normalized spacial score (nSPS) is 17.0. The molecule has 11 heavy (non-hydrogen) atoms. The molecule has 0 aromatic carbocycles. The minimum absolute atomic E-state index is 0.611. The van der Waals surface area contributed by atoms with Gasteiger partial charge in [-0.1, -0.05) is 12.2 Å². The van der Waals surface area contributed by atoms with Crippen molar-refractivity contribution >= 4 is 17.2 Å². The maximum Gasteiger partial charge on any atom is 0.117 e. The Kier molecular flexibility index (Phi) is 3.10. The van der Waals surface area contributed by atoms with Crippen LogP contribution in [0.4, 0.5) is 0 Å². The summed E-state index contributed by atoms with van der Waals surface area (Å²) < 4.78 is 0. The largest absolute Gasteiger partial charge is 0.413 e. The van der Waals surface area contributed by atoms with E-state index in [1.165, 1.54) is 0 Å². The van der Waals surface area contributed by atoms with E-state index in [9.17, 15) is 0 Å². The fourth-order valence-electron chi connectivity index (χ4n) is 0.825. The molecule has 1 aliphatic rings. The van der Waals surface area contributed by atoms with E-state index in [-0.39, 0.29) is 0 Å². The zero-order valence-corrected chi connectivity index (χ0v) is 8.79. The van der Waals surface area contributed by atoms with Gasteiger partial charge in [0, 0.05) is 23.4 Å². The number of rotatable bonds is 2. The van der Waals surface area contributed by atoms with Crippen molar-refractivity contribution in [1.82, 2.24) is 5.06 Å². The second-order valence-corrected chi connectivity index (χ2v) is 6.21. The average Bonchev–Trinajstić information content (AvgIpc) is 1.93. The molecule has 0 aliphatic carbocycles. The molecule has 0 atom stereocenters. The average molecular weight is 181 g/mol. The molecule has 0 saturated heterocycles. The molecule has 2 nitrogen and oxygen atoms in total. The molecule has 0 fully saturated rings. The molecule has 0 saturated carbocycles. The summed E-state index contributed by atoms with van der Waals surface area (Å²) in [6, 6.07) is 1.10. The number of nitrogens with zero attached hydrogens (tertiary/aromatic N) is 1. The molecule has 0 amide bonds. The van der Waals surface area contributed by atoms with Gasteiger partial charge in [-0.2, -0.15) is 5.06 Å². The molecule has 0 spiro atoms. The molecule has 1 heterocycles. The van der Waals surface area contributed by atoms with E-state index in [1.54, 1.807) is 5.06 Å². The Morgan fingerprint density at radius 2 is 2.36 bits per heavy atom. The van der Waals surface area contributed by atoms with Crippen molar-refractivity contribution in [1.29, 1.82) is 0 Å². The molecular formula is C7H11NOSi2. The molecule has 1 aliphatic heterocycles. The first-order valence-electron chi connectivity index (χ1n) is 3.50. The summed E-state index contributed by atoms with van der Waals surface area (Å²) in [5.41, 5.74) is 0. The van der Waals surface area contributed by atoms with Crippen molar-refractivity contribution < 1.29 is 4.84 Å². The van der Waals surface area contributed by atoms with E-state index in [4.69, 9.17) is 4.84 Å². The molecule has 2 radical (unpaired) electrons. The molecule has 4 heteroatoms. The van der Waals surface area contributed by atoms with Gasteiger partial charge >= 0.3 is 0 Å². The monoisotopic (exact) mass is 181 g/mol. The van der Waals surface area contributed by atoms with Crippen LogP contribution in [0.1, 0.15) is 0 Å². The molecule has 0 N–H and O–H groups in total. The van der Waals surface area contributed by atoms with E-state index in [0.29, 0.717) is 0 Å². The molecule has 1 rings (SSSR count). The van der Waals surface area contributed by atoms with Crippen LogP contribution < -0.4 is 0 Å². The van der Waals surface area contributed by atoms with E-state index in [0.717, 1.165) is 11.4 Å². The maximum absolute atomic E-state index is 5.44. The van der Waals surface area contributed by atoms with Gasteiger partial charge in [-0.05, 0) is 12.1 Å². The van der Waals surface area contributed by atoms with Crippen LogP contribution in [0.2, 0.25) is 6.04 Å². The summed E-state index contributed by atoms with van der Waals surface area (Å²) in [7, 11) is 6.83. The molecule has 0 bridgehead atoms. The van der Waals surface area contributed by atoms with Crippen LogP contribution in [-0.2, 0) is 4.84 Å². The van der Waals surface area contributed by atoms with Crippen molar-refractivity contribution in [3.05, 3.63) is 23.6 Å². The van der Waals surface area contributed by atoms with Gasteiger partial charge in [-0.3, -0.25) is 0 Å². The Balaban J connectivity index is 2.61. The third kappa shape index (κ3) is 2.65. The van der Waals surface area contributed by atoms with E-state index in [2.05, 4.69) is 15.4 Å². The van der Waals surface area contributed by atoms with Gasteiger partial charge in [0.1, 0.15) is 5.38 Å². The first kappa shape index (κ1) is 8.77. The topological polar surface area (TPSA) is 12.5 Å². The van der Waals surface area contributed by atoms with Gasteiger partial charge in [0.25, 0.3) is 0 Å². The highest BCUT2D eigenvalue weighted by Gasteiger charge is 2.07. The summed E-state index contributed by atoms with van der Waals surface area (Å²) in [4.78, 5) is 5.44. The quantitative estimate of drug-likeness (QED) is 0.458. The summed E-state index contributed by atoms with van der Waals surface area (Å²) >= 11 is 0. The van der Waals surface area contributed by atoms with Gasteiger partial charge in [-0.15, -0.1) is 0 Å². The smallest absolute Gasteiger partial charge is 0.117 e. The first-order valence-corrected chi connectivity index (χ1v) is 6.71. The number of hydrogen-bond donors (Lipinski definition) is 0. The third-order valence-electron chi connectivity index (χ3n) is 1.28. The highest BCUT2D eigenvalue weighted by Crippen LogP contribution is 2.08. The minimum Gasteiger partial charge on any atom is -0.413 e. The van der Waals surface area contributed by atoms with Crippen LogP contribution in [0, 0.1) is 0 Å². The Morgan fingerprint density at radius 3 is 2.91 bits per heavy atom. The third-order valence-corrected chi connectivity index (χ3v) is 4.13. The number of hydrogen-bond acceptors (Lipinski definition) is 2. The Labute approximate surface area is 71.5 Å². The minimum atomic E-state index is -0.611. The van der Waals surface area contributed by atoms with E-state index in [1.807, 2.05) is 26.2 Å². The lowest BCUT2D eigenvalue weighted by molar-refractivity contribution is -0.0623. The van der Waals surface area contributed by atoms with Crippen LogP contribution >= 0.6 is 0 Å². The van der Waals surface area contributed by atoms with Gasteiger partial charge in [-0.25, -0.2) is 0 Å². The first-order chi connectivity index (χ1) is 5.20. The van der Waals surface area contributed by atoms with Crippen LogP contribution in [0.15, 0.2) is 23.6 Å². The van der Waals surface area contributed by atoms with Crippen molar-refractivity contribution in [2.45, 2.75) is 6.04 Å². The van der Waals surface area contributed by atoms with Crippen molar-refractivity contribution in [3.63, 3.8) is 0 Å². The lowest BCUT2D eigenvalue weighted by atomic mass is 10.5. The van der Waals surface area contributed by atoms with Crippen molar-refractivity contribution in [2.75, 3.05) is 14.1 Å². The number of hydroxylamine groups is 2. The van der Waals surface area contributed by atoms with E-state index < -0.39 is 7.89 Å². The summed E-state index contributed by atoms with van der Waals surface area (Å²) in [6.07, 6.45) is 6.21. The van der Waals surface area contributed by atoms with Crippen LogP contribution in [0.25, 0.3) is 0 Å². The fourth-order valence-corrected chi connectivity index (χ4v) is 2.73. The lowest BCUT2D eigenvalue weighted by Crippen LogP contribution is -2.19. The van der Waals surface area contributed by atoms with Crippen molar-refractivity contribution in [2.24, 2.45) is 0 Å². The Bertz CT molecular complexity index is 220. The van der Waals surface area contributed by atoms with Gasteiger partial charge in [0.2, 0.25) is 0 Å². The van der Waals surface area contributed by atoms with Gasteiger partial charge in [0.05, 0.1) is 7.89 Å². The zero-order valence-electron chi connectivity index (χ0n) is 6.79. The predicted octanol–water partition coefficient (Wildman–Crippen LogP) is 0.632.